The van der Waals surface area contributed by atoms with Gasteiger partial charge in [-0.05, 0) is 31.5 Å². The number of esters is 1. The molecule has 0 N–H and O–H groups in total. The highest BCUT2D eigenvalue weighted by atomic mass is 16.5. The highest BCUT2D eigenvalue weighted by Gasteiger charge is 2.29. The van der Waals surface area contributed by atoms with Crippen molar-refractivity contribution in [3.63, 3.8) is 0 Å². The number of aromatic nitrogens is 2. The normalized spacial score (nSPS) is 13.2. The quantitative estimate of drug-likeness (QED) is 0.727. The molecule has 27 heavy (non-hydrogen) atoms. The number of aryl methyl sites for hydroxylation is 1. The summed E-state index contributed by atoms with van der Waals surface area (Å²) in [4.78, 5) is 26.7. The molecule has 1 aromatic heterocycles. The van der Waals surface area contributed by atoms with E-state index in [9.17, 15) is 9.59 Å². The summed E-state index contributed by atoms with van der Waals surface area (Å²) >= 11 is 0. The van der Waals surface area contributed by atoms with E-state index in [2.05, 4.69) is 5.10 Å². The van der Waals surface area contributed by atoms with Crippen molar-refractivity contribution in [2.45, 2.75) is 33.2 Å². The lowest BCUT2D eigenvalue weighted by Crippen LogP contribution is -2.37. The Balaban J connectivity index is 1.71. The van der Waals surface area contributed by atoms with Crippen molar-refractivity contribution in [2.75, 3.05) is 19.8 Å². The molecule has 3 rings (SSSR count). The maximum atomic E-state index is 12.8. The van der Waals surface area contributed by atoms with E-state index < -0.39 is 5.97 Å². The van der Waals surface area contributed by atoms with Gasteiger partial charge in [0.25, 0.3) is 0 Å². The van der Waals surface area contributed by atoms with Crippen LogP contribution in [-0.4, -0.2) is 46.3 Å². The van der Waals surface area contributed by atoms with Gasteiger partial charge in [0.2, 0.25) is 5.91 Å². The first-order chi connectivity index (χ1) is 13.0. The van der Waals surface area contributed by atoms with Gasteiger partial charge < -0.3 is 14.4 Å². The van der Waals surface area contributed by atoms with E-state index in [4.69, 9.17) is 9.47 Å². The lowest BCUT2D eigenvalue weighted by Gasteiger charge is -2.27. The molecule has 0 radical (unpaired) electrons. The fourth-order valence-corrected chi connectivity index (χ4v) is 3.33. The number of ether oxygens (including phenoxy) is 2. The number of carbonyl (C=O) groups is 2. The number of fused-ring (bicyclic) bond motifs is 1. The molecule has 1 aliphatic rings. The van der Waals surface area contributed by atoms with E-state index in [-0.39, 0.29) is 5.91 Å². The third kappa shape index (κ3) is 4.13. The number of amides is 1. The van der Waals surface area contributed by atoms with Crippen LogP contribution >= 0.6 is 0 Å². The molecule has 0 unspecified atom stereocenters. The van der Waals surface area contributed by atoms with Gasteiger partial charge in [-0.3, -0.25) is 9.48 Å². The average molecular weight is 371 g/mol. The van der Waals surface area contributed by atoms with Crippen LogP contribution in [0.2, 0.25) is 0 Å². The van der Waals surface area contributed by atoms with Gasteiger partial charge in [-0.1, -0.05) is 12.1 Å². The first kappa shape index (κ1) is 18.9. The van der Waals surface area contributed by atoms with Gasteiger partial charge >= 0.3 is 5.97 Å². The van der Waals surface area contributed by atoms with E-state index in [0.29, 0.717) is 44.8 Å². The third-order valence-corrected chi connectivity index (χ3v) is 4.65. The largest absolute Gasteiger partial charge is 0.494 e. The average Bonchev–Trinajstić information content (AvgIpc) is 3.00. The minimum Gasteiger partial charge on any atom is -0.494 e. The minimum atomic E-state index is -0.435. The Morgan fingerprint density at radius 2 is 1.89 bits per heavy atom. The smallest absolute Gasteiger partial charge is 0.359 e. The summed E-state index contributed by atoms with van der Waals surface area (Å²) < 4.78 is 12.2. The maximum Gasteiger partial charge on any atom is 0.359 e. The van der Waals surface area contributed by atoms with Gasteiger partial charge in [0.05, 0.1) is 19.6 Å². The summed E-state index contributed by atoms with van der Waals surface area (Å²) in [5.41, 5.74) is 3.03. The number of carbonyl (C=O) groups excluding carboxylic acids is 2. The Bertz CT molecular complexity index is 826. The predicted molar refractivity (Wildman–Crippen MR) is 99.6 cm³/mol. The number of hydrogen-bond donors (Lipinski definition) is 0. The van der Waals surface area contributed by atoms with Crippen molar-refractivity contribution < 1.29 is 19.1 Å². The van der Waals surface area contributed by atoms with Crippen LogP contribution in [0.5, 0.6) is 5.75 Å². The molecule has 2 aromatic rings. The lowest BCUT2D eigenvalue weighted by atomic mass is 10.0. The van der Waals surface area contributed by atoms with Gasteiger partial charge in [0, 0.05) is 37.8 Å². The molecule has 0 atom stereocenters. The molecule has 0 saturated carbocycles. The zero-order chi connectivity index (χ0) is 19.4. The van der Waals surface area contributed by atoms with E-state index in [1.165, 1.54) is 0 Å². The van der Waals surface area contributed by atoms with Crippen LogP contribution in [0.3, 0.4) is 0 Å². The molecule has 1 aliphatic heterocycles. The number of nitrogens with zero attached hydrogens (tertiary/aromatic N) is 3. The van der Waals surface area contributed by atoms with Crippen molar-refractivity contribution in [1.82, 2.24) is 14.7 Å². The topological polar surface area (TPSA) is 73.7 Å². The number of rotatable bonds is 6. The van der Waals surface area contributed by atoms with Crippen molar-refractivity contribution in [3.8, 4) is 5.75 Å². The van der Waals surface area contributed by atoms with Gasteiger partial charge in [-0.15, -0.1) is 0 Å². The molecule has 0 fully saturated rings. The van der Waals surface area contributed by atoms with Crippen LogP contribution in [-0.2, 0) is 36.0 Å². The molecule has 0 bridgehead atoms. The molecule has 0 aliphatic carbocycles. The molecule has 1 aromatic carbocycles. The Morgan fingerprint density at radius 1 is 1.15 bits per heavy atom. The molecule has 2 heterocycles. The van der Waals surface area contributed by atoms with Crippen LogP contribution in [0.25, 0.3) is 0 Å². The summed E-state index contributed by atoms with van der Waals surface area (Å²) in [7, 11) is 1.82. The Kier molecular flexibility index (Phi) is 5.78. The molecular weight excluding hydrogens is 346 g/mol. The Morgan fingerprint density at radius 3 is 2.56 bits per heavy atom. The zero-order valence-electron chi connectivity index (χ0n) is 16.0. The highest BCUT2D eigenvalue weighted by Crippen LogP contribution is 2.23. The summed E-state index contributed by atoms with van der Waals surface area (Å²) in [5.74, 6) is 0.393. The fourth-order valence-electron chi connectivity index (χ4n) is 3.33. The molecule has 0 spiro atoms. The van der Waals surface area contributed by atoms with E-state index >= 15 is 0 Å². The molecule has 0 saturated heterocycles. The lowest BCUT2D eigenvalue weighted by molar-refractivity contribution is -0.131. The Labute approximate surface area is 158 Å². The monoisotopic (exact) mass is 371 g/mol. The van der Waals surface area contributed by atoms with Crippen molar-refractivity contribution in [2.24, 2.45) is 7.05 Å². The third-order valence-electron chi connectivity index (χ3n) is 4.65. The molecule has 7 heteroatoms. The van der Waals surface area contributed by atoms with Crippen molar-refractivity contribution in [3.05, 3.63) is 46.8 Å². The van der Waals surface area contributed by atoms with Crippen LogP contribution < -0.4 is 4.74 Å². The number of hydrogen-bond acceptors (Lipinski definition) is 5. The van der Waals surface area contributed by atoms with Crippen LogP contribution in [0, 0.1) is 0 Å². The van der Waals surface area contributed by atoms with Crippen LogP contribution in [0.15, 0.2) is 24.3 Å². The van der Waals surface area contributed by atoms with Gasteiger partial charge in [0.1, 0.15) is 5.75 Å². The predicted octanol–water partition coefficient (Wildman–Crippen LogP) is 2.12. The van der Waals surface area contributed by atoms with Crippen molar-refractivity contribution in [1.29, 1.82) is 0 Å². The summed E-state index contributed by atoms with van der Waals surface area (Å²) in [6.07, 6.45) is 0.990. The molecule has 7 nitrogen and oxygen atoms in total. The second kappa shape index (κ2) is 8.24. The zero-order valence-corrected chi connectivity index (χ0v) is 16.0. The van der Waals surface area contributed by atoms with Crippen LogP contribution in [0.4, 0.5) is 0 Å². The van der Waals surface area contributed by atoms with E-state index in [0.717, 1.165) is 22.6 Å². The maximum absolute atomic E-state index is 12.8. The fraction of sp³-hybridized carbons (Fsp3) is 0.450. The molecule has 1 amide bonds. The van der Waals surface area contributed by atoms with Gasteiger partial charge in [0.15, 0.2) is 5.69 Å². The van der Waals surface area contributed by atoms with Crippen LogP contribution in [0.1, 0.15) is 41.2 Å². The first-order valence-corrected chi connectivity index (χ1v) is 9.24. The minimum absolute atomic E-state index is 0.0310. The van der Waals surface area contributed by atoms with Gasteiger partial charge in [-0.2, -0.15) is 5.10 Å². The highest BCUT2D eigenvalue weighted by molar-refractivity contribution is 5.89. The molecule has 144 valence electrons. The number of benzene rings is 1. The standard InChI is InChI=1S/C20H25N3O4/c1-4-26-15-8-6-14(7-9-15)12-18(24)23-11-10-17-16(13-23)19(21-22(17)3)20(25)27-5-2/h6-9H,4-5,10-13H2,1-3H3. The SMILES string of the molecule is CCOC(=O)c1nn(C)c2c1CN(C(=O)Cc1ccc(OCC)cc1)CC2. The van der Waals surface area contributed by atoms with E-state index in [1.54, 1.807) is 16.5 Å². The summed E-state index contributed by atoms with van der Waals surface area (Å²) in [5, 5.41) is 4.31. The molecular formula is C20H25N3O4. The Hall–Kier alpha value is -2.83. The second-order valence-electron chi connectivity index (χ2n) is 6.44. The second-order valence-corrected chi connectivity index (χ2v) is 6.44. The summed E-state index contributed by atoms with van der Waals surface area (Å²) in [6, 6.07) is 7.57. The summed E-state index contributed by atoms with van der Waals surface area (Å²) in [6.45, 7) is 5.61. The van der Waals surface area contributed by atoms with Gasteiger partial charge in [-0.25, -0.2) is 4.79 Å². The van der Waals surface area contributed by atoms with E-state index in [1.807, 2.05) is 38.2 Å². The first-order valence-electron chi connectivity index (χ1n) is 9.24. The van der Waals surface area contributed by atoms with Crippen molar-refractivity contribution >= 4 is 11.9 Å².